The summed E-state index contributed by atoms with van der Waals surface area (Å²) in [5, 5.41) is 0. The first kappa shape index (κ1) is 21.0. The van der Waals surface area contributed by atoms with Crippen molar-refractivity contribution in [3.05, 3.63) is 84.9 Å². The van der Waals surface area contributed by atoms with E-state index in [4.69, 9.17) is 9.47 Å². The highest BCUT2D eigenvalue weighted by Gasteiger charge is 2.28. The molecule has 0 aromatic heterocycles. The summed E-state index contributed by atoms with van der Waals surface area (Å²) >= 11 is 0. The van der Waals surface area contributed by atoms with E-state index in [0.29, 0.717) is 6.61 Å². The van der Waals surface area contributed by atoms with Gasteiger partial charge in [0.1, 0.15) is 19.0 Å². The predicted molar refractivity (Wildman–Crippen MR) is 117 cm³/mol. The van der Waals surface area contributed by atoms with Crippen LogP contribution in [0, 0.1) is 5.92 Å². The molecule has 0 bridgehead atoms. The number of carbonyl (C=O) groups excluding carboxylic acids is 1. The number of hydrogen-bond donors (Lipinski definition) is 0. The number of benzene rings is 3. The van der Waals surface area contributed by atoms with Gasteiger partial charge in [-0.1, -0.05) is 50.2 Å². The summed E-state index contributed by atoms with van der Waals surface area (Å²) in [5.74, 6) is 0.544. The molecule has 0 amide bonds. The molecule has 150 valence electrons. The summed E-state index contributed by atoms with van der Waals surface area (Å²) in [4.78, 5) is 15.5. The minimum atomic E-state index is -0.168. The molecule has 0 spiro atoms. The topological polar surface area (TPSA) is 35.5 Å². The van der Waals surface area contributed by atoms with Crippen LogP contribution in [0.25, 0.3) is 0 Å². The van der Waals surface area contributed by atoms with Crippen LogP contribution in [-0.2, 0) is 20.4 Å². The van der Waals surface area contributed by atoms with Crippen LogP contribution in [0.5, 0.6) is 5.75 Å². The zero-order chi connectivity index (χ0) is 20.5. The van der Waals surface area contributed by atoms with Crippen molar-refractivity contribution < 1.29 is 14.3 Å². The molecule has 0 heterocycles. The smallest absolute Gasteiger partial charge is 0.308 e. The van der Waals surface area contributed by atoms with Crippen LogP contribution < -0.4 is 4.74 Å². The summed E-state index contributed by atoms with van der Waals surface area (Å²) in [5.41, 5.74) is 0. The molecular weight excluding hydrogens is 380 g/mol. The first-order chi connectivity index (χ1) is 14.2. The van der Waals surface area contributed by atoms with Gasteiger partial charge < -0.3 is 9.47 Å². The fourth-order valence-electron chi connectivity index (χ4n) is 2.80. The lowest BCUT2D eigenvalue weighted by molar-refractivity contribution is -0.148. The minimum Gasteiger partial charge on any atom is -0.490 e. The highest BCUT2D eigenvalue weighted by molar-refractivity contribution is 7.97. The summed E-state index contributed by atoms with van der Waals surface area (Å²) in [6.07, 6.45) is 0.784. The van der Waals surface area contributed by atoms with Crippen LogP contribution in [0.4, 0.5) is 0 Å². The molecule has 3 rings (SSSR count). The summed E-state index contributed by atoms with van der Waals surface area (Å²) in [6, 6.07) is 29.3. The van der Waals surface area contributed by atoms with Crippen molar-refractivity contribution in [3.63, 3.8) is 0 Å². The van der Waals surface area contributed by atoms with Crippen molar-refractivity contribution >= 4 is 16.9 Å². The van der Waals surface area contributed by atoms with Crippen molar-refractivity contribution in [2.45, 2.75) is 35.0 Å². The maximum atomic E-state index is 11.7. The van der Waals surface area contributed by atoms with E-state index in [2.05, 4.69) is 60.7 Å². The van der Waals surface area contributed by atoms with Crippen molar-refractivity contribution in [1.82, 2.24) is 0 Å². The largest absolute Gasteiger partial charge is 0.490 e. The van der Waals surface area contributed by atoms with E-state index in [1.165, 1.54) is 14.7 Å². The Morgan fingerprint density at radius 2 is 1.31 bits per heavy atom. The van der Waals surface area contributed by atoms with Crippen LogP contribution >= 0.6 is 0 Å². The van der Waals surface area contributed by atoms with Gasteiger partial charge in [0.15, 0.2) is 14.7 Å². The van der Waals surface area contributed by atoms with Crippen LogP contribution in [-0.4, -0.2) is 19.2 Å². The van der Waals surface area contributed by atoms with Gasteiger partial charge in [0.25, 0.3) is 0 Å². The molecule has 0 aliphatic rings. The van der Waals surface area contributed by atoms with Gasteiger partial charge in [-0.3, -0.25) is 4.79 Å². The van der Waals surface area contributed by atoms with Crippen LogP contribution in [0.15, 0.2) is 99.6 Å². The molecule has 29 heavy (non-hydrogen) atoms. The van der Waals surface area contributed by atoms with Gasteiger partial charge in [-0.25, -0.2) is 0 Å². The minimum absolute atomic E-state index is 0.0665. The summed E-state index contributed by atoms with van der Waals surface area (Å²) < 4.78 is 11.0. The molecule has 3 nitrogen and oxygen atoms in total. The molecule has 0 saturated heterocycles. The van der Waals surface area contributed by atoms with Crippen LogP contribution in [0.3, 0.4) is 0 Å². The molecule has 3 aromatic carbocycles. The second-order valence-electron chi connectivity index (χ2n) is 6.73. The first-order valence-electron chi connectivity index (χ1n) is 9.93. The molecule has 0 aliphatic carbocycles. The second-order valence-corrected chi connectivity index (χ2v) is 8.76. The van der Waals surface area contributed by atoms with E-state index in [-0.39, 0.29) is 29.4 Å². The molecule has 3 aromatic rings. The number of rotatable bonds is 9. The van der Waals surface area contributed by atoms with Gasteiger partial charge in [-0.2, -0.15) is 0 Å². The highest BCUT2D eigenvalue weighted by atomic mass is 32.2. The third-order valence-corrected chi connectivity index (χ3v) is 6.86. The van der Waals surface area contributed by atoms with E-state index in [0.717, 1.165) is 12.2 Å². The monoisotopic (exact) mass is 407 g/mol. The Morgan fingerprint density at radius 3 is 1.83 bits per heavy atom. The molecule has 0 radical (unpaired) electrons. The Bertz CT molecular complexity index is 839. The standard InChI is InChI=1S/C25H27O3S/c1-3-20(2)25(26)28-19-18-27-21-14-16-24(17-15-21)29(22-10-6-4-7-11-22)23-12-8-5-9-13-23/h4-17,20H,3,18-19H2,1-2H3/q+1. The molecule has 0 aliphatic heterocycles. The molecule has 0 N–H and O–H groups in total. The number of carbonyl (C=O) groups is 1. The average Bonchev–Trinajstić information content (AvgIpc) is 2.78. The summed E-state index contributed by atoms with van der Waals surface area (Å²) in [7, 11) is -0.168. The molecule has 1 unspecified atom stereocenters. The van der Waals surface area contributed by atoms with Crippen LogP contribution in [0.1, 0.15) is 20.3 Å². The van der Waals surface area contributed by atoms with Gasteiger partial charge >= 0.3 is 5.97 Å². The van der Waals surface area contributed by atoms with Gasteiger partial charge in [0.2, 0.25) is 0 Å². The lowest BCUT2D eigenvalue weighted by atomic mass is 10.1. The second kappa shape index (κ2) is 10.7. The summed E-state index contributed by atoms with van der Waals surface area (Å²) in [6.45, 7) is 4.47. The number of ether oxygens (including phenoxy) is 2. The quantitative estimate of drug-likeness (QED) is 0.257. The van der Waals surface area contributed by atoms with Crippen molar-refractivity contribution in [2.75, 3.05) is 13.2 Å². The first-order valence-corrected chi connectivity index (χ1v) is 11.2. The molecule has 0 fully saturated rings. The fraction of sp³-hybridized carbons (Fsp3) is 0.240. The molecular formula is C25H27O3S+. The van der Waals surface area contributed by atoms with Crippen molar-refractivity contribution in [3.8, 4) is 5.75 Å². The van der Waals surface area contributed by atoms with E-state index in [1.807, 2.05) is 38.1 Å². The van der Waals surface area contributed by atoms with Gasteiger partial charge in [-0.05, 0) is 55.0 Å². The van der Waals surface area contributed by atoms with E-state index in [1.54, 1.807) is 0 Å². The lowest BCUT2D eigenvalue weighted by Crippen LogP contribution is -2.17. The van der Waals surface area contributed by atoms with Gasteiger partial charge in [0, 0.05) is 0 Å². The molecule has 1 atom stereocenters. The zero-order valence-electron chi connectivity index (χ0n) is 16.9. The Balaban J connectivity index is 1.66. The average molecular weight is 408 g/mol. The van der Waals surface area contributed by atoms with Crippen molar-refractivity contribution in [1.29, 1.82) is 0 Å². The Hall–Kier alpha value is -2.72. The van der Waals surface area contributed by atoms with Gasteiger partial charge in [-0.15, -0.1) is 0 Å². The maximum absolute atomic E-state index is 11.7. The fourth-order valence-corrected chi connectivity index (χ4v) is 4.89. The van der Waals surface area contributed by atoms with E-state index >= 15 is 0 Å². The van der Waals surface area contributed by atoms with E-state index < -0.39 is 0 Å². The number of esters is 1. The van der Waals surface area contributed by atoms with E-state index in [9.17, 15) is 4.79 Å². The van der Waals surface area contributed by atoms with Gasteiger partial charge in [0.05, 0.1) is 16.8 Å². The predicted octanol–water partition coefficient (Wildman–Crippen LogP) is 5.75. The van der Waals surface area contributed by atoms with Crippen LogP contribution in [0.2, 0.25) is 0 Å². The normalized spacial score (nSPS) is 11.8. The Kier molecular flexibility index (Phi) is 7.77. The Labute approximate surface area is 176 Å². The highest BCUT2D eigenvalue weighted by Crippen LogP contribution is 2.31. The molecule has 0 saturated carbocycles. The molecule has 4 heteroatoms. The number of hydrogen-bond acceptors (Lipinski definition) is 3. The zero-order valence-corrected chi connectivity index (χ0v) is 17.7. The third kappa shape index (κ3) is 5.88. The third-order valence-electron chi connectivity index (χ3n) is 4.63. The lowest BCUT2D eigenvalue weighted by Gasteiger charge is -2.11. The Morgan fingerprint density at radius 1 is 0.793 bits per heavy atom. The maximum Gasteiger partial charge on any atom is 0.308 e. The van der Waals surface area contributed by atoms with Crippen molar-refractivity contribution in [2.24, 2.45) is 5.92 Å². The SMILES string of the molecule is CCC(C)C(=O)OCCOc1ccc([S+](c2ccccc2)c2ccccc2)cc1.